The summed E-state index contributed by atoms with van der Waals surface area (Å²) in [6.07, 6.45) is -2.25. The van der Waals surface area contributed by atoms with Gasteiger partial charge in [-0.3, -0.25) is 24.0 Å². The van der Waals surface area contributed by atoms with Crippen LogP contribution in [-0.4, -0.2) is 114 Å². The third-order valence-corrected chi connectivity index (χ3v) is 8.06. The first-order chi connectivity index (χ1) is 21.6. The highest BCUT2D eigenvalue weighted by Gasteiger charge is 2.29. The summed E-state index contributed by atoms with van der Waals surface area (Å²) in [4.78, 5) is 65.7. The summed E-state index contributed by atoms with van der Waals surface area (Å²) in [6.45, 7) is 8.29. The van der Waals surface area contributed by atoms with Crippen molar-refractivity contribution >= 4 is 41.3 Å². The molecule has 0 saturated carbocycles. The van der Waals surface area contributed by atoms with E-state index in [1.54, 1.807) is 48.6 Å². The molecule has 2 atom stereocenters. The molecule has 8 N–H and O–H groups in total. The Bertz CT molecular complexity index is 1520. The summed E-state index contributed by atoms with van der Waals surface area (Å²) in [5.74, 6) is -2.59. The van der Waals surface area contributed by atoms with Crippen LogP contribution in [0, 0.1) is 41.5 Å². The molecule has 0 aliphatic carbocycles. The summed E-state index contributed by atoms with van der Waals surface area (Å²) >= 11 is 0. The van der Waals surface area contributed by atoms with Crippen LogP contribution in [0.1, 0.15) is 74.8 Å². The molecule has 252 valence electrons. The van der Waals surface area contributed by atoms with Gasteiger partial charge < -0.3 is 46.6 Å². The molecular weight excluding hydrogens is 598 g/mol. The van der Waals surface area contributed by atoms with Crippen molar-refractivity contribution in [2.45, 2.75) is 53.8 Å². The molecule has 0 aliphatic heterocycles. The maximum Gasteiger partial charge on any atom is 0.255 e. The number of carbonyl (C=O) groups excluding carboxylic acids is 5. The van der Waals surface area contributed by atoms with Crippen LogP contribution in [0.15, 0.2) is 0 Å². The fourth-order valence-corrected chi connectivity index (χ4v) is 5.66. The van der Waals surface area contributed by atoms with Gasteiger partial charge in [0.05, 0.1) is 19.3 Å². The molecule has 2 rings (SSSR count). The number of likely N-dealkylation sites (N-methyl/N-ethyl adjacent to an activating group) is 1. The summed E-state index contributed by atoms with van der Waals surface area (Å²) in [6, 6.07) is 0. The highest BCUT2D eigenvalue weighted by Crippen LogP contribution is 2.33. The molecule has 0 aromatic heterocycles. The maximum atomic E-state index is 13.6. The van der Waals surface area contributed by atoms with Gasteiger partial charge in [-0.15, -0.1) is 0 Å². The minimum Gasteiger partial charge on any atom is -0.394 e. The molecule has 0 radical (unpaired) electrons. The first-order valence-electron chi connectivity index (χ1n) is 14.7. The van der Waals surface area contributed by atoms with Crippen LogP contribution in [0.5, 0.6) is 0 Å². The van der Waals surface area contributed by atoms with E-state index in [9.17, 15) is 44.4 Å². The summed E-state index contributed by atoms with van der Waals surface area (Å²) in [7, 11) is 3.11. The number of aliphatic hydroxyl groups excluding tert-OH is 4. The lowest BCUT2D eigenvalue weighted by atomic mass is 9.89. The van der Waals surface area contributed by atoms with Gasteiger partial charge in [0.1, 0.15) is 0 Å². The minimum atomic E-state index is -1.75. The van der Waals surface area contributed by atoms with Gasteiger partial charge in [0.2, 0.25) is 0 Å². The van der Waals surface area contributed by atoms with Crippen LogP contribution in [-0.2, 0) is 4.79 Å². The number of nitrogens with one attached hydrogen (secondary N) is 4. The van der Waals surface area contributed by atoms with E-state index in [4.69, 9.17) is 0 Å². The number of nitrogens with zero attached hydrogens (tertiary/aromatic N) is 1. The maximum absolute atomic E-state index is 13.6. The zero-order chi connectivity index (χ0) is 35.0. The summed E-state index contributed by atoms with van der Waals surface area (Å²) < 4.78 is 0. The Morgan fingerprint density at radius 3 is 1.72 bits per heavy atom. The SMILES string of the molecule is CNc1c(C)c(C=O)c(C)c(C(=O)NCCNC(=O)c2c(C)c(NC(=O)C(O)CO)c(C)c(C(=O)N(C)CC(O)CO)c2C)c1C. The molecule has 0 fully saturated rings. The molecule has 14 nitrogen and oxygen atoms in total. The van der Waals surface area contributed by atoms with E-state index in [0.29, 0.717) is 34.2 Å². The predicted octanol–water partition coefficient (Wildman–Crippen LogP) is 0.268. The number of benzene rings is 2. The predicted molar refractivity (Wildman–Crippen MR) is 173 cm³/mol. The van der Waals surface area contributed by atoms with Crippen molar-refractivity contribution in [2.75, 3.05) is 57.6 Å². The Hall–Kier alpha value is -4.37. The van der Waals surface area contributed by atoms with E-state index in [1.807, 2.05) is 0 Å². The third kappa shape index (κ3) is 7.88. The van der Waals surface area contributed by atoms with Gasteiger partial charge in [-0.1, -0.05) is 0 Å². The first-order valence-corrected chi connectivity index (χ1v) is 14.7. The molecule has 2 aromatic rings. The monoisotopic (exact) mass is 643 g/mol. The Labute approximate surface area is 268 Å². The van der Waals surface area contributed by atoms with Gasteiger partial charge >= 0.3 is 0 Å². The van der Waals surface area contributed by atoms with Crippen molar-refractivity contribution in [2.24, 2.45) is 0 Å². The highest BCUT2D eigenvalue weighted by molar-refractivity contribution is 6.08. The molecule has 2 unspecified atom stereocenters. The zero-order valence-electron chi connectivity index (χ0n) is 27.5. The molecule has 0 heterocycles. The van der Waals surface area contributed by atoms with Crippen LogP contribution in [0.25, 0.3) is 0 Å². The second-order valence-corrected chi connectivity index (χ2v) is 11.1. The van der Waals surface area contributed by atoms with Gasteiger partial charge in [-0.2, -0.15) is 0 Å². The molecule has 2 aromatic carbocycles. The average Bonchev–Trinajstić information content (AvgIpc) is 3.00. The van der Waals surface area contributed by atoms with Gasteiger partial charge in [0, 0.05) is 67.4 Å². The number of aldehydes is 1. The Morgan fingerprint density at radius 1 is 0.739 bits per heavy atom. The first kappa shape index (κ1) is 37.8. The normalized spacial score (nSPS) is 12.2. The Morgan fingerprint density at radius 2 is 1.24 bits per heavy atom. The van der Waals surface area contributed by atoms with E-state index in [1.165, 1.54) is 11.9 Å². The molecule has 14 heteroatoms. The van der Waals surface area contributed by atoms with Gasteiger partial charge in [-0.25, -0.2) is 0 Å². The number of rotatable bonds is 14. The second kappa shape index (κ2) is 16.3. The van der Waals surface area contributed by atoms with Crippen LogP contribution in [0.3, 0.4) is 0 Å². The van der Waals surface area contributed by atoms with Crippen molar-refractivity contribution in [3.8, 4) is 0 Å². The molecule has 4 amide bonds. The molecule has 0 saturated heterocycles. The average molecular weight is 644 g/mol. The zero-order valence-corrected chi connectivity index (χ0v) is 27.5. The van der Waals surface area contributed by atoms with Crippen molar-refractivity contribution in [1.82, 2.24) is 15.5 Å². The smallest absolute Gasteiger partial charge is 0.255 e. The van der Waals surface area contributed by atoms with E-state index in [-0.39, 0.29) is 53.1 Å². The number of amides is 4. The minimum absolute atomic E-state index is 0.0164. The third-order valence-electron chi connectivity index (χ3n) is 8.06. The van der Waals surface area contributed by atoms with Gasteiger partial charge in [0.25, 0.3) is 23.6 Å². The molecule has 0 spiro atoms. The summed E-state index contributed by atoms with van der Waals surface area (Å²) in [5, 5.41) is 49.2. The lowest BCUT2D eigenvalue weighted by Crippen LogP contribution is -2.38. The van der Waals surface area contributed by atoms with Gasteiger partial charge in [-0.05, 0) is 74.9 Å². The van der Waals surface area contributed by atoms with Crippen LogP contribution >= 0.6 is 0 Å². The molecule has 0 bridgehead atoms. The van der Waals surface area contributed by atoms with E-state index < -0.39 is 49.1 Å². The van der Waals surface area contributed by atoms with Crippen molar-refractivity contribution in [3.63, 3.8) is 0 Å². The number of hydrogen-bond donors (Lipinski definition) is 8. The topological polar surface area (TPSA) is 218 Å². The number of aliphatic hydroxyl groups is 4. The van der Waals surface area contributed by atoms with Crippen molar-refractivity contribution in [1.29, 1.82) is 0 Å². The van der Waals surface area contributed by atoms with Crippen LogP contribution in [0.4, 0.5) is 11.4 Å². The number of anilines is 2. The van der Waals surface area contributed by atoms with E-state index in [2.05, 4.69) is 21.3 Å². The van der Waals surface area contributed by atoms with Crippen molar-refractivity contribution < 1.29 is 44.4 Å². The molecular formula is C32H45N5O9. The standard InChI is InChI=1S/C32H45N5O9/c1-15-22(13-39)16(2)27(33-7)18(4)24(15)30(44)34-9-10-35-31(45)25-17(3)26(32(46)37(8)11-21(41)12-38)20(6)28(19(25)5)36-29(43)23(42)14-40/h13,21,23,33,38,40-42H,9-12,14H2,1-8H3,(H,34,44)(H,35,45)(H,36,43). The fraction of sp³-hybridized carbons (Fsp3) is 0.469. The largest absolute Gasteiger partial charge is 0.394 e. The number of carbonyl (C=O) groups is 5. The van der Waals surface area contributed by atoms with Crippen LogP contribution in [0.2, 0.25) is 0 Å². The molecule has 0 aliphatic rings. The summed E-state index contributed by atoms with van der Waals surface area (Å²) in [5.41, 5.74) is 4.42. The lowest BCUT2D eigenvalue weighted by Gasteiger charge is -2.26. The van der Waals surface area contributed by atoms with Crippen LogP contribution < -0.4 is 21.3 Å². The Balaban J connectivity index is 2.42. The molecule has 46 heavy (non-hydrogen) atoms. The lowest BCUT2D eigenvalue weighted by molar-refractivity contribution is -0.125. The quantitative estimate of drug-likeness (QED) is 0.104. The fourth-order valence-electron chi connectivity index (χ4n) is 5.66. The van der Waals surface area contributed by atoms with E-state index >= 15 is 0 Å². The van der Waals surface area contributed by atoms with E-state index in [0.717, 1.165) is 5.56 Å². The second-order valence-electron chi connectivity index (χ2n) is 11.1. The van der Waals surface area contributed by atoms with Crippen molar-refractivity contribution in [3.05, 3.63) is 55.6 Å². The van der Waals surface area contributed by atoms with Gasteiger partial charge in [0.15, 0.2) is 12.4 Å². The number of hydrogen-bond acceptors (Lipinski definition) is 10. The highest BCUT2D eigenvalue weighted by atomic mass is 16.3. The Kier molecular flexibility index (Phi) is 13.4.